The van der Waals surface area contributed by atoms with Crippen LogP contribution in [0.2, 0.25) is 0 Å². The monoisotopic (exact) mass is 235 g/mol. The van der Waals surface area contributed by atoms with Crippen molar-refractivity contribution in [2.24, 2.45) is 5.41 Å². The van der Waals surface area contributed by atoms with Crippen molar-refractivity contribution in [3.8, 4) is 0 Å². The first-order valence-corrected chi connectivity index (χ1v) is 7.17. The molecule has 0 radical (unpaired) electrons. The van der Waals surface area contributed by atoms with E-state index in [1.807, 2.05) is 0 Å². The lowest BCUT2D eigenvalue weighted by atomic mass is 9.73. The Hall–Kier alpha value is -0.630. The van der Waals surface area contributed by atoms with Gasteiger partial charge in [0, 0.05) is 5.41 Å². The first-order chi connectivity index (χ1) is 8.22. The van der Waals surface area contributed by atoms with Gasteiger partial charge in [0.25, 0.3) is 0 Å². The van der Waals surface area contributed by atoms with Crippen molar-refractivity contribution < 1.29 is 4.79 Å². The fourth-order valence-electron chi connectivity index (χ4n) is 2.99. The number of allylic oxidation sites excluding steroid dienone is 2. The van der Waals surface area contributed by atoms with Crippen LogP contribution in [0.4, 0.5) is 0 Å². The Labute approximate surface area is 105 Å². The molecule has 1 aliphatic carbocycles. The summed E-state index contributed by atoms with van der Waals surface area (Å²) in [7, 11) is 0. The quantitative estimate of drug-likeness (QED) is 0.796. The minimum atomic E-state index is -0.0870. The second kappa shape index (κ2) is 5.81. The van der Waals surface area contributed by atoms with Gasteiger partial charge in [0.15, 0.2) is 5.78 Å². The highest BCUT2D eigenvalue weighted by atomic mass is 16.1. The maximum atomic E-state index is 12.6. The van der Waals surface area contributed by atoms with Crippen LogP contribution < -0.4 is 5.32 Å². The van der Waals surface area contributed by atoms with E-state index in [-0.39, 0.29) is 5.41 Å². The van der Waals surface area contributed by atoms with E-state index in [0.717, 1.165) is 44.3 Å². The smallest absolute Gasteiger partial charge is 0.164 e. The summed E-state index contributed by atoms with van der Waals surface area (Å²) in [5, 5.41) is 3.35. The zero-order valence-electron chi connectivity index (χ0n) is 11.1. The summed E-state index contributed by atoms with van der Waals surface area (Å²) >= 11 is 0. The summed E-state index contributed by atoms with van der Waals surface area (Å²) in [6.07, 6.45) is 11.4. The van der Waals surface area contributed by atoms with E-state index < -0.39 is 0 Å². The predicted octanol–water partition coefficient (Wildman–Crippen LogP) is 3.23. The molecule has 96 valence electrons. The zero-order chi connectivity index (χ0) is 12.1. The maximum Gasteiger partial charge on any atom is 0.164 e. The average molecular weight is 235 g/mol. The van der Waals surface area contributed by atoms with Crippen LogP contribution >= 0.6 is 0 Å². The highest BCUT2D eigenvalue weighted by Gasteiger charge is 2.35. The van der Waals surface area contributed by atoms with Crippen LogP contribution in [0.3, 0.4) is 0 Å². The number of nitrogens with one attached hydrogen (secondary N) is 1. The molecule has 0 aromatic heterocycles. The largest absolute Gasteiger partial charge is 0.317 e. The van der Waals surface area contributed by atoms with E-state index in [2.05, 4.69) is 18.3 Å². The SMILES string of the molecule is CC1(C(=O)C2=CCCCCCC2)CCNCC1. The topological polar surface area (TPSA) is 29.1 Å². The Bertz CT molecular complexity index is 300. The van der Waals surface area contributed by atoms with Gasteiger partial charge in [-0.15, -0.1) is 0 Å². The molecule has 2 rings (SSSR count). The van der Waals surface area contributed by atoms with E-state index in [4.69, 9.17) is 0 Å². The number of Topliss-reactive ketones (excluding diaryl/α,β-unsaturated/α-hetero) is 1. The Kier molecular flexibility index (Phi) is 4.38. The zero-order valence-corrected chi connectivity index (χ0v) is 11.1. The molecule has 1 fully saturated rings. The van der Waals surface area contributed by atoms with Gasteiger partial charge in [-0.1, -0.05) is 25.8 Å². The third-order valence-corrected chi connectivity index (χ3v) is 4.34. The Morgan fingerprint density at radius 3 is 2.65 bits per heavy atom. The highest BCUT2D eigenvalue weighted by Crippen LogP contribution is 2.34. The molecule has 1 heterocycles. The van der Waals surface area contributed by atoms with Gasteiger partial charge >= 0.3 is 0 Å². The molecule has 0 aromatic rings. The number of carbonyl (C=O) groups is 1. The minimum absolute atomic E-state index is 0.0870. The van der Waals surface area contributed by atoms with Crippen molar-refractivity contribution in [3.05, 3.63) is 11.6 Å². The maximum absolute atomic E-state index is 12.6. The number of hydrogen-bond donors (Lipinski definition) is 1. The molecule has 0 unspecified atom stereocenters. The Balaban J connectivity index is 2.06. The molecule has 1 N–H and O–H groups in total. The Morgan fingerprint density at radius 1 is 1.18 bits per heavy atom. The summed E-state index contributed by atoms with van der Waals surface area (Å²) in [4.78, 5) is 12.6. The molecule has 2 nitrogen and oxygen atoms in total. The van der Waals surface area contributed by atoms with Crippen molar-refractivity contribution in [1.82, 2.24) is 5.32 Å². The van der Waals surface area contributed by atoms with Gasteiger partial charge < -0.3 is 5.32 Å². The minimum Gasteiger partial charge on any atom is -0.317 e. The molecule has 1 saturated heterocycles. The first-order valence-electron chi connectivity index (χ1n) is 7.17. The molecule has 0 amide bonds. The number of hydrogen-bond acceptors (Lipinski definition) is 2. The molecule has 2 heteroatoms. The van der Waals surface area contributed by atoms with Gasteiger partial charge in [0.1, 0.15) is 0 Å². The van der Waals surface area contributed by atoms with Gasteiger partial charge in [-0.05, 0) is 57.2 Å². The van der Waals surface area contributed by atoms with E-state index >= 15 is 0 Å². The van der Waals surface area contributed by atoms with Gasteiger partial charge in [-0.2, -0.15) is 0 Å². The lowest BCUT2D eigenvalue weighted by Crippen LogP contribution is -2.40. The number of piperidine rings is 1. The predicted molar refractivity (Wildman–Crippen MR) is 71.0 cm³/mol. The second-order valence-corrected chi connectivity index (χ2v) is 5.82. The lowest BCUT2D eigenvalue weighted by Gasteiger charge is -2.33. The van der Waals surface area contributed by atoms with Crippen molar-refractivity contribution in [2.75, 3.05) is 13.1 Å². The van der Waals surface area contributed by atoms with E-state index in [9.17, 15) is 4.79 Å². The van der Waals surface area contributed by atoms with Crippen LogP contribution in [0.25, 0.3) is 0 Å². The summed E-state index contributed by atoms with van der Waals surface area (Å²) in [6.45, 7) is 4.15. The van der Waals surface area contributed by atoms with E-state index in [0.29, 0.717) is 5.78 Å². The highest BCUT2D eigenvalue weighted by molar-refractivity contribution is 5.99. The van der Waals surface area contributed by atoms with Gasteiger partial charge in [0.2, 0.25) is 0 Å². The van der Waals surface area contributed by atoms with Crippen molar-refractivity contribution in [3.63, 3.8) is 0 Å². The molecule has 0 bridgehead atoms. The van der Waals surface area contributed by atoms with Gasteiger partial charge in [-0.3, -0.25) is 4.79 Å². The van der Waals surface area contributed by atoms with Crippen LogP contribution in [0.15, 0.2) is 11.6 Å². The van der Waals surface area contributed by atoms with Gasteiger partial charge in [-0.25, -0.2) is 0 Å². The van der Waals surface area contributed by atoms with Crippen LogP contribution in [0.5, 0.6) is 0 Å². The van der Waals surface area contributed by atoms with Crippen LogP contribution in [-0.4, -0.2) is 18.9 Å². The second-order valence-electron chi connectivity index (χ2n) is 5.82. The lowest BCUT2D eigenvalue weighted by molar-refractivity contribution is -0.125. The molecule has 0 atom stereocenters. The normalized spacial score (nSPS) is 25.6. The molecular formula is C15H25NO. The third-order valence-electron chi connectivity index (χ3n) is 4.34. The molecule has 17 heavy (non-hydrogen) atoms. The Morgan fingerprint density at radius 2 is 1.88 bits per heavy atom. The molecular weight excluding hydrogens is 210 g/mol. The van der Waals surface area contributed by atoms with Crippen LogP contribution in [0.1, 0.15) is 58.3 Å². The molecule has 1 aliphatic heterocycles. The van der Waals surface area contributed by atoms with Crippen molar-refractivity contribution >= 4 is 5.78 Å². The van der Waals surface area contributed by atoms with Crippen LogP contribution in [0, 0.1) is 5.41 Å². The average Bonchev–Trinajstić information content (AvgIpc) is 2.29. The van der Waals surface area contributed by atoms with E-state index in [1.54, 1.807) is 0 Å². The standard InChI is InChI=1S/C15H25NO/c1-15(9-11-16-12-10-15)14(17)13-7-5-3-2-4-6-8-13/h7,16H,2-6,8-12H2,1H3. The molecule has 0 saturated carbocycles. The number of rotatable bonds is 2. The molecule has 0 spiro atoms. The summed E-state index contributed by atoms with van der Waals surface area (Å²) < 4.78 is 0. The summed E-state index contributed by atoms with van der Waals surface area (Å²) in [6, 6.07) is 0. The fourth-order valence-corrected chi connectivity index (χ4v) is 2.99. The number of carbonyl (C=O) groups excluding carboxylic acids is 1. The summed E-state index contributed by atoms with van der Waals surface area (Å²) in [5.41, 5.74) is 1.05. The molecule has 0 aromatic carbocycles. The van der Waals surface area contributed by atoms with E-state index in [1.165, 1.54) is 25.7 Å². The van der Waals surface area contributed by atoms with Crippen molar-refractivity contribution in [2.45, 2.75) is 58.3 Å². The summed E-state index contributed by atoms with van der Waals surface area (Å²) in [5.74, 6) is 0.445. The third kappa shape index (κ3) is 3.19. The molecule has 2 aliphatic rings. The van der Waals surface area contributed by atoms with Gasteiger partial charge in [0.05, 0.1) is 0 Å². The number of ketones is 1. The van der Waals surface area contributed by atoms with Crippen LogP contribution in [-0.2, 0) is 4.79 Å². The van der Waals surface area contributed by atoms with Crippen molar-refractivity contribution in [1.29, 1.82) is 0 Å². The first kappa shape index (κ1) is 12.8. The fraction of sp³-hybridized carbons (Fsp3) is 0.800.